The third-order valence-electron chi connectivity index (χ3n) is 2.20. The summed E-state index contributed by atoms with van der Waals surface area (Å²) in [6.45, 7) is 2.37. The number of hydrogen-bond acceptors (Lipinski definition) is 2. The molecule has 0 saturated heterocycles. The molecule has 0 aromatic heterocycles. The molecule has 1 amide bonds. The van der Waals surface area contributed by atoms with Crippen LogP contribution < -0.4 is 10.6 Å². The Balaban J connectivity index is 2.53. The molecule has 0 unspecified atom stereocenters. The zero-order chi connectivity index (χ0) is 11.3. The second-order valence-electron chi connectivity index (χ2n) is 3.33. The summed E-state index contributed by atoms with van der Waals surface area (Å²) in [7, 11) is 1.63. The Morgan fingerprint density at radius 1 is 1.53 bits per heavy atom. The molecule has 2 N–H and O–H groups in total. The second kappa shape index (κ2) is 5.88. The maximum atomic E-state index is 11.0. The first-order valence-corrected chi connectivity index (χ1v) is 5.62. The van der Waals surface area contributed by atoms with Gasteiger partial charge in [-0.25, -0.2) is 0 Å². The van der Waals surface area contributed by atoms with E-state index in [0.29, 0.717) is 6.54 Å². The normalized spacial score (nSPS) is 12.2. The molecule has 1 atom stereocenters. The maximum absolute atomic E-state index is 11.0. The lowest BCUT2D eigenvalue weighted by atomic mass is 10.1. The van der Waals surface area contributed by atoms with Crippen LogP contribution in [0.5, 0.6) is 0 Å². The summed E-state index contributed by atoms with van der Waals surface area (Å²) in [6.07, 6.45) is 0. The van der Waals surface area contributed by atoms with Gasteiger partial charge in [0.15, 0.2) is 0 Å². The fourth-order valence-corrected chi connectivity index (χ4v) is 1.64. The van der Waals surface area contributed by atoms with E-state index in [1.807, 2.05) is 31.2 Å². The van der Waals surface area contributed by atoms with Crippen molar-refractivity contribution >= 4 is 21.8 Å². The van der Waals surface area contributed by atoms with Crippen LogP contribution in [0, 0.1) is 0 Å². The van der Waals surface area contributed by atoms with Crippen LogP contribution >= 0.6 is 15.9 Å². The van der Waals surface area contributed by atoms with Gasteiger partial charge in [0.25, 0.3) is 0 Å². The molecule has 0 bridgehead atoms. The van der Waals surface area contributed by atoms with E-state index in [1.165, 1.54) is 0 Å². The van der Waals surface area contributed by atoms with Crippen molar-refractivity contribution < 1.29 is 4.79 Å². The molecule has 0 saturated carbocycles. The Labute approximate surface area is 98.4 Å². The van der Waals surface area contributed by atoms with Crippen LogP contribution in [-0.4, -0.2) is 19.5 Å². The number of rotatable bonds is 4. The van der Waals surface area contributed by atoms with Crippen molar-refractivity contribution in [2.45, 2.75) is 13.0 Å². The summed E-state index contributed by atoms with van der Waals surface area (Å²) < 4.78 is 1.05. The number of carbonyl (C=O) groups excluding carboxylic acids is 1. The second-order valence-corrected chi connectivity index (χ2v) is 4.25. The molecule has 1 rings (SSSR count). The molecule has 82 valence electrons. The van der Waals surface area contributed by atoms with E-state index in [1.54, 1.807) is 7.05 Å². The highest BCUT2D eigenvalue weighted by Gasteiger charge is 2.06. The molecule has 4 heteroatoms. The van der Waals surface area contributed by atoms with Crippen molar-refractivity contribution in [2.75, 3.05) is 13.6 Å². The zero-order valence-electron chi connectivity index (χ0n) is 8.88. The summed E-state index contributed by atoms with van der Waals surface area (Å²) in [5.41, 5.74) is 1.16. The summed E-state index contributed by atoms with van der Waals surface area (Å²) >= 11 is 3.42. The number of halogens is 1. The first-order chi connectivity index (χ1) is 7.13. The first kappa shape index (κ1) is 12.2. The smallest absolute Gasteiger partial charge is 0.233 e. The molecule has 0 aliphatic carbocycles. The molecule has 0 aliphatic rings. The lowest BCUT2D eigenvalue weighted by Gasteiger charge is -2.13. The van der Waals surface area contributed by atoms with Gasteiger partial charge in [0, 0.05) is 17.6 Å². The van der Waals surface area contributed by atoms with Crippen LogP contribution in [0.15, 0.2) is 28.7 Å². The van der Waals surface area contributed by atoms with Crippen molar-refractivity contribution in [1.29, 1.82) is 0 Å². The maximum Gasteiger partial charge on any atom is 0.233 e. The zero-order valence-corrected chi connectivity index (χ0v) is 10.5. The number of benzene rings is 1. The van der Waals surface area contributed by atoms with Gasteiger partial charge in [-0.05, 0) is 24.6 Å². The SMILES string of the molecule is CNC(=O)CN[C@H](C)c1cccc(Br)c1. The minimum absolute atomic E-state index is 0.00292. The van der Waals surface area contributed by atoms with Crippen LogP contribution in [0.1, 0.15) is 18.5 Å². The predicted octanol–water partition coefficient (Wildman–Crippen LogP) is 1.85. The topological polar surface area (TPSA) is 41.1 Å². The van der Waals surface area contributed by atoms with Gasteiger partial charge in [0.2, 0.25) is 5.91 Å². The molecule has 1 aromatic carbocycles. The van der Waals surface area contributed by atoms with Gasteiger partial charge in [0.05, 0.1) is 6.54 Å². The van der Waals surface area contributed by atoms with Crippen molar-refractivity contribution in [3.63, 3.8) is 0 Å². The number of likely N-dealkylation sites (N-methyl/N-ethyl adjacent to an activating group) is 1. The highest BCUT2D eigenvalue weighted by molar-refractivity contribution is 9.10. The monoisotopic (exact) mass is 270 g/mol. The summed E-state index contributed by atoms with van der Waals surface area (Å²) in [5, 5.41) is 5.72. The van der Waals surface area contributed by atoms with Crippen LogP contribution in [-0.2, 0) is 4.79 Å². The van der Waals surface area contributed by atoms with E-state index < -0.39 is 0 Å². The van der Waals surface area contributed by atoms with Gasteiger partial charge >= 0.3 is 0 Å². The van der Waals surface area contributed by atoms with Crippen molar-refractivity contribution in [3.8, 4) is 0 Å². The summed E-state index contributed by atoms with van der Waals surface area (Å²) in [6, 6.07) is 8.21. The Hall–Kier alpha value is -0.870. The van der Waals surface area contributed by atoms with Crippen LogP contribution in [0.25, 0.3) is 0 Å². The van der Waals surface area contributed by atoms with E-state index in [2.05, 4.69) is 26.6 Å². The lowest BCUT2D eigenvalue weighted by Crippen LogP contribution is -2.32. The molecule has 0 fully saturated rings. The van der Waals surface area contributed by atoms with Gasteiger partial charge < -0.3 is 10.6 Å². The minimum Gasteiger partial charge on any atom is -0.358 e. The quantitative estimate of drug-likeness (QED) is 0.877. The fourth-order valence-electron chi connectivity index (χ4n) is 1.23. The molecule has 0 radical (unpaired) electrons. The number of amides is 1. The molecule has 1 aromatic rings. The predicted molar refractivity (Wildman–Crippen MR) is 64.6 cm³/mol. The van der Waals surface area contributed by atoms with Gasteiger partial charge in [-0.15, -0.1) is 0 Å². The number of nitrogens with one attached hydrogen (secondary N) is 2. The summed E-state index contributed by atoms with van der Waals surface area (Å²) in [5.74, 6) is -0.00292. The minimum atomic E-state index is -0.00292. The molecular weight excluding hydrogens is 256 g/mol. The van der Waals surface area contributed by atoms with Gasteiger partial charge in [-0.1, -0.05) is 28.1 Å². The Bertz CT molecular complexity index is 341. The third-order valence-corrected chi connectivity index (χ3v) is 2.69. The lowest BCUT2D eigenvalue weighted by molar-refractivity contribution is -0.119. The molecule has 0 aliphatic heterocycles. The standard InChI is InChI=1S/C11H15BrN2O/c1-8(14-7-11(15)13-2)9-4-3-5-10(12)6-9/h3-6,8,14H,7H2,1-2H3,(H,13,15)/t8-/m1/s1. The largest absolute Gasteiger partial charge is 0.358 e. The van der Waals surface area contributed by atoms with Crippen molar-refractivity contribution in [1.82, 2.24) is 10.6 Å². The van der Waals surface area contributed by atoms with Crippen molar-refractivity contribution in [3.05, 3.63) is 34.3 Å². The molecule has 0 heterocycles. The average Bonchev–Trinajstić information content (AvgIpc) is 2.25. The van der Waals surface area contributed by atoms with Crippen LogP contribution in [0.4, 0.5) is 0 Å². The van der Waals surface area contributed by atoms with E-state index >= 15 is 0 Å². The Morgan fingerprint density at radius 3 is 2.87 bits per heavy atom. The van der Waals surface area contributed by atoms with Crippen LogP contribution in [0.3, 0.4) is 0 Å². The van der Waals surface area contributed by atoms with E-state index in [9.17, 15) is 4.79 Å². The average molecular weight is 271 g/mol. The molecule has 0 spiro atoms. The highest BCUT2D eigenvalue weighted by atomic mass is 79.9. The van der Waals surface area contributed by atoms with Crippen LogP contribution in [0.2, 0.25) is 0 Å². The molecular formula is C11H15BrN2O. The van der Waals surface area contributed by atoms with E-state index in [4.69, 9.17) is 0 Å². The Kier molecular flexibility index (Phi) is 4.78. The highest BCUT2D eigenvalue weighted by Crippen LogP contribution is 2.17. The van der Waals surface area contributed by atoms with Gasteiger partial charge in [0.1, 0.15) is 0 Å². The van der Waals surface area contributed by atoms with Gasteiger partial charge in [-0.3, -0.25) is 4.79 Å². The van der Waals surface area contributed by atoms with Gasteiger partial charge in [-0.2, -0.15) is 0 Å². The third kappa shape index (κ3) is 4.01. The number of hydrogen-bond donors (Lipinski definition) is 2. The first-order valence-electron chi connectivity index (χ1n) is 4.83. The Morgan fingerprint density at radius 2 is 2.27 bits per heavy atom. The van der Waals surface area contributed by atoms with Crippen molar-refractivity contribution in [2.24, 2.45) is 0 Å². The number of carbonyl (C=O) groups is 1. The fraction of sp³-hybridized carbons (Fsp3) is 0.364. The van der Waals surface area contributed by atoms with E-state index in [-0.39, 0.29) is 11.9 Å². The summed E-state index contributed by atoms with van der Waals surface area (Å²) in [4.78, 5) is 11.0. The molecule has 3 nitrogen and oxygen atoms in total. The molecule has 15 heavy (non-hydrogen) atoms. The van der Waals surface area contributed by atoms with E-state index in [0.717, 1.165) is 10.0 Å².